The maximum absolute atomic E-state index is 13.5. The van der Waals surface area contributed by atoms with Crippen LogP contribution in [0, 0.1) is 5.82 Å². The number of rotatable bonds is 7. The lowest BCUT2D eigenvalue weighted by atomic mass is 10.1. The van der Waals surface area contributed by atoms with Crippen LogP contribution in [-0.2, 0) is 10.5 Å². The Morgan fingerprint density at radius 2 is 2.14 bits per heavy atom. The van der Waals surface area contributed by atoms with Crippen LogP contribution in [-0.4, -0.2) is 26.5 Å². The maximum Gasteiger partial charge on any atom is 0.243 e. The van der Waals surface area contributed by atoms with Gasteiger partial charge in [-0.25, -0.2) is 14.4 Å². The summed E-state index contributed by atoms with van der Waals surface area (Å²) in [6.45, 7) is 2.01. The number of imidazole rings is 1. The third-order valence-electron chi connectivity index (χ3n) is 5.38. The van der Waals surface area contributed by atoms with E-state index in [1.165, 1.54) is 36.7 Å². The molecule has 1 saturated carbocycles. The molecule has 0 radical (unpaired) electrons. The number of nitrogens with zero attached hydrogens (tertiary/aromatic N) is 3. The fourth-order valence-corrected chi connectivity index (χ4v) is 4.91. The van der Waals surface area contributed by atoms with E-state index >= 15 is 0 Å². The summed E-state index contributed by atoms with van der Waals surface area (Å²) in [6, 6.07) is 10.2. The summed E-state index contributed by atoms with van der Waals surface area (Å²) < 4.78 is 15.5. The number of benzene rings is 1. The molecule has 0 bridgehead atoms. The predicted octanol–water partition coefficient (Wildman–Crippen LogP) is 4.87. The van der Waals surface area contributed by atoms with Gasteiger partial charge in [-0.1, -0.05) is 43.7 Å². The quantitative estimate of drug-likeness (QED) is 0.562. The van der Waals surface area contributed by atoms with E-state index in [0.717, 1.165) is 29.1 Å². The summed E-state index contributed by atoms with van der Waals surface area (Å²) in [4.78, 5) is 22.3. The first-order chi connectivity index (χ1) is 14.2. The average Bonchev–Trinajstić information content (AvgIpc) is 3.35. The molecule has 29 heavy (non-hydrogen) atoms. The minimum atomic E-state index is -0.370. The Morgan fingerprint density at radius 1 is 1.31 bits per heavy atom. The van der Waals surface area contributed by atoms with Gasteiger partial charge in [0.25, 0.3) is 0 Å². The first-order valence-electron chi connectivity index (χ1n) is 10.2. The molecule has 2 heterocycles. The summed E-state index contributed by atoms with van der Waals surface area (Å²) in [5, 5.41) is 3.95. The number of aromatic nitrogens is 3. The van der Waals surface area contributed by atoms with Crippen molar-refractivity contribution in [1.29, 1.82) is 0 Å². The summed E-state index contributed by atoms with van der Waals surface area (Å²) in [6.07, 6.45) is 6.81. The molecule has 0 unspecified atom stereocenters. The van der Waals surface area contributed by atoms with Gasteiger partial charge in [-0.2, -0.15) is 0 Å². The van der Waals surface area contributed by atoms with Crippen molar-refractivity contribution in [2.45, 2.75) is 62.0 Å². The zero-order valence-electron chi connectivity index (χ0n) is 16.5. The molecule has 3 aromatic rings. The van der Waals surface area contributed by atoms with Crippen LogP contribution < -0.4 is 5.32 Å². The second kappa shape index (κ2) is 8.95. The van der Waals surface area contributed by atoms with Gasteiger partial charge >= 0.3 is 0 Å². The number of fused-ring (bicyclic) bond motifs is 1. The lowest BCUT2D eigenvalue weighted by Gasteiger charge is -2.21. The fourth-order valence-electron chi connectivity index (χ4n) is 3.92. The van der Waals surface area contributed by atoms with Gasteiger partial charge in [-0.3, -0.25) is 9.36 Å². The predicted molar refractivity (Wildman–Crippen MR) is 113 cm³/mol. The molecule has 2 aromatic heterocycles. The molecule has 1 aliphatic carbocycles. The Bertz CT molecular complexity index is 999. The second-order valence-corrected chi connectivity index (χ2v) is 8.39. The van der Waals surface area contributed by atoms with E-state index in [0.29, 0.717) is 17.8 Å². The van der Waals surface area contributed by atoms with Gasteiger partial charge in [-0.05, 0) is 49.1 Å². The number of carbonyl (C=O) groups excluding carboxylic acids is 1. The van der Waals surface area contributed by atoms with Crippen LogP contribution in [0.15, 0.2) is 47.8 Å². The number of thioether (sulfide) groups is 1. The molecule has 0 aliphatic heterocycles. The van der Waals surface area contributed by atoms with Crippen molar-refractivity contribution in [2.75, 3.05) is 0 Å². The maximum atomic E-state index is 13.5. The molecule has 4 rings (SSSR count). The van der Waals surface area contributed by atoms with E-state index < -0.39 is 0 Å². The van der Waals surface area contributed by atoms with Crippen LogP contribution in [0.3, 0.4) is 0 Å². The number of halogens is 1. The molecule has 5 nitrogen and oxygen atoms in total. The van der Waals surface area contributed by atoms with Crippen LogP contribution in [0.5, 0.6) is 0 Å². The van der Waals surface area contributed by atoms with Gasteiger partial charge in [0.05, 0.1) is 0 Å². The third-order valence-corrected chi connectivity index (χ3v) is 6.40. The number of pyridine rings is 1. The van der Waals surface area contributed by atoms with E-state index in [1.807, 2.05) is 29.7 Å². The van der Waals surface area contributed by atoms with E-state index in [9.17, 15) is 9.18 Å². The molecule has 0 saturated heterocycles. The highest BCUT2D eigenvalue weighted by molar-refractivity contribution is 7.98. The Labute approximate surface area is 174 Å². The topological polar surface area (TPSA) is 59.8 Å². The second-order valence-electron chi connectivity index (χ2n) is 7.44. The highest BCUT2D eigenvalue weighted by atomic mass is 32.2. The molecule has 1 N–H and O–H groups in total. The normalized spacial score (nSPS) is 15.7. The number of hydrogen-bond acceptors (Lipinski definition) is 4. The van der Waals surface area contributed by atoms with Gasteiger partial charge < -0.3 is 5.32 Å². The highest BCUT2D eigenvalue weighted by Gasteiger charge is 2.27. The molecule has 1 fully saturated rings. The van der Waals surface area contributed by atoms with Gasteiger partial charge in [0.2, 0.25) is 5.91 Å². The molecule has 7 heteroatoms. The smallest absolute Gasteiger partial charge is 0.243 e. The first kappa shape index (κ1) is 19.9. The molecule has 1 aromatic carbocycles. The summed E-state index contributed by atoms with van der Waals surface area (Å²) in [5.74, 6) is 0.347. The summed E-state index contributed by atoms with van der Waals surface area (Å²) >= 11 is 1.50. The van der Waals surface area contributed by atoms with Crippen molar-refractivity contribution in [3.8, 4) is 0 Å². The number of amides is 1. The number of nitrogens with one attached hydrogen (secondary N) is 1. The largest absolute Gasteiger partial charge is 0.352 e. The molecular formula is C22H25FN4OS. The van der Waals surface area contributed by atoms with Crippen molar-refractivity contribution >= 4 is 28.8 Å². The first-order valence-corrected chi connectivity index (χ1v) is 11.1. The van der Waals surface area contributed by atoms with Crippen molar-refractivity contribution in [2.24, 2.45) is 0 Å². The molecule has 1 amide bonds. The van der Waals surface area contributed by atoms with Crippen molar-refractivity contribution < 1.29 is 9.18 Å². The minimum absolute atomic E-state index is 0.0250. The molecule has 152 valence electrons. The van der Waals surface area contributed by atoms with Crippen LogP contribution >= 0.6 is 11.8 Å². The standard InChI is InChI=1S/C22H25FN4OS/c1-2-19(21(28)25-17-9-3-4-10-17)27-20-18(11-6-12-24-20)26-22(27)29-14-15-7-5-8-16(23)13-15/h5-8,11-13,17,19H,2-4,9-10,14H2,1H3,(H,25,28)/t19-/m0/s1. The van der Waals surface area contributed by atoms with Gasteiger partial charge in [0.15, 0.2) is 10.8 Å². The van der Waals surface area contributed by atoms with Crippen LogP contribution in [0.1, 0.15) is 50.6 Å². The van der Waals surface area contributed by atoms with Crippen LogP contribution in [0.25, 0.3) is 11.2 Å². The van der Waals surface area contributed by atoms with Crippen molar-refractivity contribution in [1.82, 2.24) is 19.9 Å². The SMILES string of the molecule is CC[C@@H](C(=O)NC1CCCC1)n1c(SCc2cccc(F)c2)nc2cccnc21. The van der Waals surface area contributed by atoms with E-state index in [1.54, 1.807) is 12.3 Å². The average molecular weight is 413 g/mol. The Morgan fingerprint density at radius 3 is 2.90 bits per heavy atom. The summed E-state index contributed by atoms with van der Waals surface area (Å²) in [7, 11) is 0. The van der Waals surface area contributed by atoms with Gasteiger partial charge in [0, 0.05) is 18.0 Å². The molecule has 0 spiro atoms. The third kappa shape index (κ3) is 4.45. The number of carbonyl (C=O) groups is 1. The van der Waals surface area contributed by atoms with Gasteiger partial charge in [0.1, 0.15) is 17.4 Å². The summed E-state index contributed by atoms with van der Waals surface area (Å²) in [5.41, 5.74) is 2.36. The van der Waals surface area contributed by atoms with Crippen LogP contribution in [0.4, 0.5) is 4.39 Å². The van der Waals surface area contributed by atoms with Crippen molar-refractivity contribution in [3.05, 3.63) is 54.0 Å². The minimum Gasteiger partial charge on any atom is -0.352 e. The number of hydrogen-bond donors (Lipinski definition) is 1. The molecular weight excluding hydrogens is 387 g/mol. The Balaban J connectivity index is 1.63. The van der Waals surface area contributed by atoms with Crippen molar-refractivity contribution in [3.63, 3.8) is 0 Å². The van der Waals surface area contributed by atoms with E-state index in [2.05, 4.69) is 10.3 Å². The van der Waals surface area contributed by atoms with E-state index in [-0.39, 0.29) is 23.8 Å². The lowest BCUT2D eigenvalue weighted by molar-refractivity contribution is -0.125. The molecule has 1 aliphatic rings. The Kier molecular flexibility index (Phi) is 6.13. The zero-order chi connectivity index (χ0) is 20.2. The lowest BCUT2D eigenvalue weighted by Crippen LogP contribution is -2.38. The van der Waals surface area contributed by atoms with Crippen LogP contribution in [0.2, 0.25) is 0 Å². The fraction of sp³-hybridized carbons (Fsp3) is 0.409. The Hall–Kier alpha value is -2.41. The van der Waals surface area contributed by atoms with E-state index in [4.69, 9.17) is 4.98 Å². The highest BCUT2D eigenvalue weighted by Crippen LogP contribution is 2.31. The zero-order valence-corrected chi connectivity index (χ0v) is 17.3. The van der Waals surface area contributed by atoms with Gasteiger partial charge in [-0.15, -0.1) is 0 Å². The monoisotopic (exact) mass is 412 g/mol. The molecule has 1 atom stereocenters.